The number of aliphatic hydroxyl groups is 1. The first kappa shape index (κ1) is 14.7. The molecule has 3 nitrogen and oxygen atoms in total. The van der Waals surface area contributed by atoms with Crippen molar-refractivity contribution in [2.45, 2.75) is 26.2 Å². The van der Waals surface area contributed by atoms with Gasteiger partial charge in [0.15, 0.2) is 0 Å². The molecule has 0 unspecified atom stereocenters. The Labute approximate surface area is 109 Å². The number of hydrogen-bond donors (Lipinski definition) is 1. The highest BCUT2D eigenvalue weighted by Gasteiger charge is 2.37. The summed E-state index contributed by atoms with van der Waals surface area (Å²) in [6.45, 7) is 5.90. The summed E-state index contributed by atoms with van der Waals surface area (Å²) in [5.74, 6) is 1.18. The number of aliphatic hydroxyl groups excluding tert-OH is 1. The maximum atomic E-state index is 9.89. The fourth-order valence-corrected chi connectivity index (χ4v) is 1.93. The molecule has 1 aliphatic rings. The lowest BCUT2D eigenvalue weighted by Crippen LogP contribution is -2.19. The third-order valence-electron chi connectivity index (χ3n) is 3.35. The van der Waals surface area contributed by atoms with Gasteiger partial charge in [-0.05, 0) is 37.7 Å². The zero-order valence-electron chi connectivity index (χ0n) is 11.2. The maximum Gasteiger partial charge on any atom is 0.209 e. The van der Waals surface area contributed by atoms with Crippen LogP contribution in [-0.4, -0.2) is 36.1 Å². The summed E-state index contributed by atoms with van der Waals surface area (Å²) in [5, 5.41) is 8.84. The first-order valence-electron chi connectivity index (χ1n) is 6.61. The fourth-order valence-electron chi connectivity index (χ4n) is 1.93. The molecule has 0 spiro atoms. The number of carbonyl (C=O) groups is 1. The van der Waals surface area contributed by atoms with Crippen molar-refractivity contribution in [1.82, 2.24) is 4.90 Å². The minimum absolute atomic E-state index is 0.347. The molecule has 2 atom stereocenters. The summed E-state index contributed by atoms with van der Waals surface area (Å²) >= 11 is 0. The summed E-state index contributed by atoms with van der Waals surface area (Å²) in [5.41, 5.74) is 1.38. The molecule has 0 aliphatic heterocycles. The van der Waals surface area contributed by atoms with Gasteiger partial charge >= 0.3 is 0 Å². The Morgan fingerprint density at radius 2 is 1.89 bits per heavy atom. The van der Waals surface area contributed by atoms with E-state index in [0.29, 0.717) is 18.4 Å². The standard InChI is InChI=1S/C10H12O.C5H11NO/c11-7-9-6-10(9)8-4-2-1-3-5-8;1-3-6(4-2)5-7/h1-5,9-11H,6-7H2;5H,3-4H2,1-2H3/t9-,10+;/m0./s1. The monoisotopic (exact) mass is 249 g/mol. The van der Waals surface area contributed by atoms with Crippen LogP contribution in [0.15, 0.2) is 30.3 Å². The van der Waals surface area contributed by atoms with E-state index in [9.17, 15) is 4.79 Å². The van der Waals surface area contributed by atoms with Crippen molar-refractivity contribution >= 4 is 6.41 Å². The maximum absolute atomic E-state index is 9.89. The van der Waals surface area contributed by atoms with E-state index in [0.717, 1.165) is 19.5 Å². The average Bonchev–Trinajstić information content (AvgIpc) is 3.22. The second kappa shape index (κ2) is 7.88. The molecule has 2 rings (SSSR count). The molecule has 1 N–H and O–H groups in total. The van der Waals surface area contributed by atoms with Crippen LogP contribution in [0.3, 0.4) is 0 Å². The van der Waals surface area contributed by atoms with Gasteiger partial charge in [-0.25, -0.2) is 0 Å². The molecular weight excluding hydrogens is 226 g/mol. The van der Waals surface area contributed by atoms with Gasteiger partial charge in [-0.2, -0.15) is 0 Å². The summed E-state index contributed by atoms with van der Waals surface area (Å²) in [4.78, 5) is 11.6. The lowest BCUT2D eigenvalue weighted by molar-refractivity contribution is -0.117. The van der Waals surface area contributed by atoms with Crippen molar-refractivity contribution < 1.29 is 9.90 Å². The number of amides is 1. The molecule has 1 saturated carbocycles. The molecule has 0 radical (unpaired) electrons. The number of benzene rings is 1. The Balaban J connectivity index is 0.000000203. The summed E-state index contributed by atoms with van der Waals surface area (Å²) in [7, 11) is 0. The smallest absolute Gasteiger partial charge is 0.209 e. The van der Waals surface area contributed by atoms with Crippen LogP contribution in [0.4, 0.5) is 0 Å². The summed E-state index contributed by atoms with van der Waals surface area (Å²) in [6.07, 6.45) is 2.03. The number of hydrogen-bond acceptors (Lipinski definition) is 2. The lowest BCUT2D eigenvalue weighted by atomic mass is 10.1. The van der Waals surface area contributed by atoms with E-state index in [-0.39, 0.29) is 0 Å². The number of rotatable bonds is 5. The molecule has 0 bridgehead atoms. The second-order valence-electron chi connectivity index (χ2n) is 4.52. The SMILES string of the molecule is CCN(C=O)CC.OC[C@@H]1C[C@@H]1c1ccccc1. The first-order chi connectivity index (χ1) is 8.76. The van der Waals surface area contributed by atoms with E-state index < -0.39 is 0 Å². The van der Waals surface area contributed by atoms with Crippen LogP contribution >= 0.6 is 0 Å². The van der Waals surface area contributed by atoms with Crippen LogP contribution in [0.2, 0.25) is 0 Å². The topological polar surface area (TPSA) is 40.5 Å². The predicted octanol–water partition coefficient (Wildman–Crippen LogP) is 2.27. The van der Waals surface area contributed by atoms with Crippen molar-refractivity contribution in [3.8, 4) is 0 Å². The second-order valence-corrected chi connectivity index (χ2v) is 4.52. The zero-order chi connectivity index (χ0) is 13.4. The van der Waals surface area contributed by atoms with E-state index in [1.54, 1.807) is 4.90 Å². The fraction of sp³-hybridized carbons (Fsp3) is 0.533. The van der Waals surface area contributed by atoms with E-state index >= 15 is 0 Å². The Hall–Kier alpha value is -1.35. The van der Waals surface area contributed by atoms with Gasteiger partial charge in [0.1, 0.15) is 0 Å². The summed E-state index contributed by atoms with van der Waals surface area (Å²) in [6, 6.07) is 10.4. The van der Waals surface area contributed by atoms with Crippen molar-refractivity contribution in [3.63, 3.8) is 0 Å². The Morgan fingerprint density at radius 1 is 1.28 bits per heavy atom. The Morgan fingerprint density at radius 3 is 2.22 bits per heavy atom. The number of nitrogens with zero attached hydrogens (tertiary/aromatic N) is 1. The first-order valence-corrected chi connectivity index (χ1v) is 6.61. The molecule has 1 amide bonds. The molecule has 18 heavy (non-hydrogen) atoms. The minimum atomic E-state index is 0.347. The van der Waals surface area contributed by atoms with E-state index in [1.807, 2.05) is 19.9 Å². The van der Waals surface area contributed by atoms with Crippen molar-refractivity contribution in [3.05, 3.63) is 35.9 Å². The van der Waals surface area contributed by atoms with Gasteiger partial charge in [0.2, 0.25) is 6.41 Å². The summed E-state index contributed by atoms with van der Waals surface area (Å²) < 4.78 is 0. The Bertz CT molecular complexity index is 336. The van der Waals surface area contributed by atoms with Crippen LogP contribution in [0, 0.1) is 5.92 Å². The molecule has 0 heterocycles. The molecule has 0 aromatic heterocycles. The molecule has 3 heteroatoms. The molecule has 1 aromatic rings. The van der Waals surface area contributed by atoms with Gasteiger partial charge in [-0.1, -0.05) is 30.3 Å². The highest BCUT2D eigenvalue weighted by molar-refractivity contribution is 5.46. The van der Waals surface area contributed by atoms with Crippen LogP contribution in [0.25, 0.3) is 0 Å². The molecular formula is C15H23NO2. The Kier molecular flexibility index (Phi) is 6.44. The van der Waals surface area contributed by atoms with Gasteiger partial charge < -0.3 is 10.0 Å². The molecule has 0 saturated heterocycles. The minimum Gasteiger partial charge on any atom is -0.396 e. The average molecular weight is 249 g/mol. The highest BCUT2D eigenvalue weighted by atomic mass is 16.3. The largest absolute Gasteiger partial charge is 0.396 e. The van der Waals surface area contributed by atoms with Crippen molar-refractivity contribution in [2.24, 2.45) is 5.92 Å². The van der Waals surface area contributed by atoms with Gasteiger partial charge in [-0.15, -0.1) is 0 Å². The van der Waals surface area contributed by atoms with Gasteiger partial charge in [-0.3, -0.25) is 4.79 Å². The highest BCUT2D eigenvalue weighted by Crippen LogP contribution is 2.46. The normalized spacial score (nSPS) is 20.6. The molecule has 100 valence electrons. The van der Waals surface area contributed by atoms with E-state index in [2.05, 4.69) is 24.3 Å². The zero-order valence-corrected chi connectivity index (χ0v) is 11.2. The lowest BCUT2D eigenvalue weighted by Gasteiger charge is -2.08. The molecule has 1 aromatic carbocycles. The quantitative estimate of drug-likeness (QED) is 0.813. The van der Waals surface area contributed by atoms with Crippen molar-refractivity contribution in [1.29, 1.82) is 0 Å². The van der Waals surface area contributed by atoms with Gasteiger partial charge in [0.25, 0.3) is 0 Å². The van der Waals surface area contributed by atoms with Crippen LogP contribution < -0.4 is 0 Å². The predicted molar refractivity (Wildman–Crippen MR) is 73.4 cm³/mol. The van der Waals surface area contributed by atoms with E-state index in [4.69, 9.17) is 5.11 Å². The van der Waals surface area contributed by atoms with Crippen LogP contribution in [-0.2, 0) is 4.79 Å². The third kappa shape index (κ3) is 4.49. The van der Waals surface area contributed by atoms with Gasteiger partial charge in [0, 0.05) is 19.7 Å². The number of carbonyl (C=O) groups excluding carboxylic acids is 1. The van der Waals surface area contributed by atoms with Crippen molar-refractivity contribution in [2.75, 3.05) is 19.7 Å². The van der Waals surface area contributed by atoms with Gasteiger partial charge in [0.05, 0.1) is 0 Å². The van der Waals surface area contributed by atoms with Crippen LogP contribution in [0.1, 0.15) is 31.7 Å². The van der Waals surface area contributed by atoms with E-state index in [1.165, 1.54) is 12.0 Å². The van der Waals surface area contributed by atoms with Crippen LogP contribution in [0.5, 0.6) is 0 Å². The molecule has 1 fully saturated rings. The molecule has 1 aliphatic carbocycles. The third-order valence-corrected chi connectivity index (χ3v) is 3.35.